The highest BCUT2D eigenvalue weighted by atomic mass is 16.2. The molecule has 0 saturated heterocycles. The SMILES string of the molecule is CCCCN1C(=O)C(C2=C(Nc3ccccc3)C(=O)N(C)C2=O)c2cc(C)ccc21. The maximum Gasteiger partial charge on any atom is 0.277 e. The summed E-state index contributed by atoms with van der Waals surface area (Å²) in [6.07, 6.45) is 1.83. The molecule has 2 heterocycles. The lowest BCUT2D eigenvalue weighted by molar-refractivity contribution is -0.136. The number of nitrogens with one attached hydrogen (secondary N) is 1. The first-order valence-corrected chi connectivity index (χ1v) is 10.2. The zero-order valence-corrected chi connectivity index (χ0v) is 17.4. The van der Waals surface area contributed by atoms with Crippen LogP contribution in [0.25, 0.3) is 0 Å². The average Bonchev–Trinajstić information content (AvgIpc) is 3.12. The molecule has 0 aromatic heterocycles. The lowest BCUT2D eigenvalue weighted by Crippen LogP contribution is -2.32. The van der Waals surface area contributed by atoms with Gasteiger partial charge in [0.1, 0.15) is 5.70 Å². The van der Waals surface area contributed by atoms with Gasteiger partial charge in [0.25, 0.3) is 11.8 Å². The van der Waals surface area contributed by atoms with Crippen LogP contribution >= 0.6 is 0 Å². The molecule has 2 aromatic rings. The summed E-state index contributed by atoms with van der Waals surface area (Å²) in [4.78, 5) is 42.3. The van der Waals surface area contributed by atoms with E-state index in [0.717, 1.165) is 34.6 Å². The van der Waals surface area contributed by atoms with Crippen LogP contribution in [0, 0.1) is 6.92 Å². The fraction of sp³-hybridized carbons (Fsp3) is 0.292. The van der Waals surface area contributed by atoms with Gasteiger partial charge in [0.05, 0.1) is 11.5 Å². The lowest BCUT2D eigenvalue weighted by Gasteiger charge is -2.18. The Labute approximate surface area is 176 Å². The van der Waals surface area contributed by atoms with Gasteiger partial charge in [-0.2, -0.15) is 0 Å². The molecular formula is C24H25N3O3. The molecule has 1 atom stereocenters. The number of carbonyl (C=O) groups excluding carboxylic acids is 3. The third kappa shape index (κ3) is 3.18. The average molecular weight is 403 g/mol. The second kappa shape index (κ2) is 7.78. The van der Waals surface area contributed by atoms with E-state index in [9.17, 15) is 14.4 Å². The third-order valence-electron chi connectivity index (χ3n) is 5.69. The van der Waals surface area contributed by atoms with Crippen molar-refractivity contribution in [1.29, 1.82) is 0 Å². The topological polar surface area (TPSA) is 69.7 Å². The van der Waals surface area contributed by atoms with Gasteiger partial charge in [-0.15, -0.1) is 0 Å². The Morgan fingerprint density at radius 2 is 1.73 bits per heavy atom. The van der Waals surface area contributed by atoms with Crippen molar-refractivity contribution in [3.8, 4) is 0 Å². The van der Waals surface area contributed by atoms with Crippen molar-refractivity contribution < 1.29 is 14.4 Å². The van der Waals surface area contributed by atoms with Crippen LogP contribution in [0.1, 0.15) is 36.8 Å². The number of nitrogens with zero attached hydrogens (tertiary/aromatic N) is 2. The molecule has 0 aliphatic carbocycles. The second-order valence-electron chi connectivity index (χ2n) is 7.79. The summed E-state index contributed by atoms with van der Waals surface area (Å²) in [5, 5.41) is 3.10. The van der Waals surface area contributed by atoms with Gasteiger partial charge in [0.15, 0.2) is 0 Å². The van der Waals surface area contributed by atoms with Crippen molar-refractivity contribution in [3.63, 3.8) is 0 Å². The van der Waals surface area contributed by atoms with E-state index in [-0.39, 0.29) is 17.2 Å². The molecule has 4 rings (SSSR count). The lowest BCUT2D eigenvalue weighted by atomic mass is 9.90. The summed E-state index contributed by atoms with van der Waals surface area (Å²) in [5.74, 6) is -1.79. The highest BCUT2D eigenvalue weighted by molar-refractivity contribution is 6.25. The Bertz CT molecular complexity index is 1060. The number of aryl methyl sites for hydroxylation is 1. The summed E-state index contributed by atoms with van der Waals surface area (Å²) < 4.78 is 0. The molecule has 0 fully saturated rings. The number of carbonyl (C=O) groups is 3. The fourth-order valence-electron chi connectivity index (χ4n) is 4.10. The van der Waals surface area contributed by atoms with Crippen molar-refractivity contribution in [2.75, 3.05) is 23.8 Å². The van der Waals surface area contributed by atoms with Crippen LogP contribution in [0.3, 0.4) is 0 Å². The summed E-state index contributed by atoms with van der Waals surface area (Å²) in [5.41, 5.74) is 3.71. The first-order valence-electron chi connectivity index (χ1n) is 10.2. The van der Waals surface area contributed by atoms with Crippen molar-refractivity contribution in [2.24, 2.45) is 0 Å². The normalized spacial score (nSPS) is 18.5. The Balaban J connectivity index is 1.85. The number of likely N-dealkylation sites (N-methyl/N-ethyl adjacent to an activating group) is 1. The quantitative estimate of drug-likeness (QED) is 0.749. The summed E-state index contributed by atoms with van der Waals surface area (Å²) in [6, 6.07) is 15.1. The summed E-state index contributed by atoms with van der Waals surface area (Å²) in [6.45, 7) is 4.63. The van der Waals surface area contributed by atoms with Crippen LogP contribution < -0.4 is 10.2 Å². The van der Waals surface area contributed by atoms with Crippen LogP contribution in [0.4, 0.5) is 11.4 Å². The monoisotopic (exact) mass is 403 g/mol. The van der Waals surface area contributed by atoms with E-state index in [4.69, 9.17) is 0 Å². The van der Waals surface area contributed by atoms with Crippen molar-refractivity contribution >= 4 is 29.1 Å². The highest BCUT2D eigenvalue weighted by Crippen LogP contribution is 2.45. The maximum atomic E-state index is 13.5. The predicted octanol–water partition coefficient (Wildman–Crippen LogP) is 3.59. The molecule has 1 unspecified atom stereocenters. The first kappa shape index (κ1) is 19.9. The zero-order valence-electron chi connectivity index (χ0n) is 17.4. The molecule has 0 bridgehead atoms. The predicted molar refractivity (Wildman–Crippen MR) is 116 cm³/mol. The van der Waals surface area contributed by atoms with Gasteiger partial charge in [0.2, 0.25) is 5.91 Å². The summed E-state index contributed by atoms with van der Waals surface area (Å²) >= 11 is 0. The van der Waals surface area contributed by atoms with Crippen LogP contribution in [0.2, 0.25) is 0 Å². The van der Waals surface area contributed by atoms with E-state index >= 15 is 0 Å². The van der Waals surface area contributed by atoms with E-state index in [1.54, 1.807) is 4.90 Å². The van der Waals surface area contributed by atoms with Crippen LogP contribution in [-0.4, -0.2) is 36.2 Å². The Morgan fingerprint density at radius 3 is 2.43 bits per heavy atom. The van der Waals surface area contributed by atoms with Crippen LogP contribution in [0.15, 0.2) is 59.8 Å². The molecule has 6 nitrogen and oxygen atoms in total. The van der Waals surface area contributed by atoms with Crippen LogP contribution in [-0.2, 0) is 14.4 Å². The minimum atomic E-state index is -0.788. The third-order valence-corrected chi connectivity index (χ3v) is 5.69. The van der Waals surface area contributed by atoms with Gasteiger partial charge >= 0.3 is 0 Å². The van der Waals surface area contributed by atoms with E-state index in [1.807, 2.05) is 55.5 Å². The highest BCUT2D eigenvalue weighted by Gasteiger charge is 2.48. The number of para-hydroxylation sites is 1. The number of amides is 3. The maximum absolute atomic E-state index is 13.5. The molecule has 2 aliphatic heterocycles. The number of hydrogen-bond donors (Lipinski definition) is 1. The van der Waals surface area contributed by atoms with Crippen molar-refractivity contribution in [1.82, 2.24) is 4.90 Å². The molecule has 0 spiro atoms. The van der Waals surface area contributed by atoms with E-state index in [2.05, 4.69) is 12.2 Å². The number of imide groups is 1. The Hall–Kier alpha value is -3.41. The van der Waals surface area contributed by atoms with E-state index < -0.39 is 17.7 Å². The molecule has 6 heteroatoms. The van der Waals surface area contributed by atoms with Gasteiger partial charge in [0, 0.05) is 25.0 Å². The smallest absolute Gasteiger partial charge is 0.277 e. The Morgan fingerprint density at radius 1 is 1.00 bits per heavy atom. The Kier molecular flexibility index (Phi) is 5.16. The van der Waals surface area contributed by atoms with Gasteiger partial charge < -0.3 is 10.2 Å². The molecule has 2 aromatic carbocycles. The molecule has 30 heavy (non-hydrogen) atoms. The number of anilines is 2. The van der Waals surface area contributed by atoms with Gasteiger partial charge in [-0.3, -0.25) is 19.3 Å². The van der Waals surface area contributed by atoms with E-state index in [1.165, 1.54) is 7.05 Å². The number of benzene rings is 2. The first-order chi connectivity index (χ1) is 14.4. The molecule has 154 valence electrons. The molecule has 2 aliphatic rings. The molecule has 0 radical (unpaired) electrons. The fourth-order valence-corrected chi connectivity index (χ4v) is 4.10. The molecule has 3 amide bonds. The molecular weight excluding hydrogens is 378 g/mol. The number of unbranched alkanes of at least 4 members (excludes halogenated alkanes) is 1. The minimum Gasteiger partial charge on any atom is -0.351 e. The molecule has 1 N–H and O–H groups in total. The number of rotatable bonds is 6. The standard InChI is InChI=1S/C24H25N3O3/c1-4-5-13-27-18-12-11-15(2)14-17(18)19(23(27)29)20-21(24(30)26(3)22(20)28)25-16-9-7-6-8-10-16/h6-12,14,19,25H,4-5,13H2,1-3H3. The summed E-state index contributed by atoms with van der Waals surface area (Å²) in [7, 11) is 1.45. The number of fused-ring (bicyclic) bond motifs is 1. The number of hydrogen-bond acceptors (Lipinski definition) is 4. The van der Waals surface area contributed by atoms with Gasteiger partial charge in [-0.1, -0.05) is 49.2 Å². The minimum absolute atomic E-state index is 0.150. The van der Waals surface area contributed by atoms with Crippen molar-refractivity contribution in [2.45, 2.75) is 32.6 Å². The zero-order chi connectivity index (χ0) is 21.4. The van der Waals surface area contributed by atoms with E-state index in [0.29, 0.717) is 12.2 Å². The largest absolute Gasteiger partial charge is 0.351 e. The molecule has 0 saturated carbocycles. The van der Waals surface area contributed by atoms with Gasteiger partial charge in [-0.05, 0) is 37.1 Å². The van der Waals surface area contributed by atoms with Gasteiger partial charge in [-0.25, -0.2) is 0 Å². The van der Waals surface area contributed by atoms with Crippen LogP contribution in [0.5, 0.6) is 0 Å². The second-order valence-corrected chi connectivity index (χ2v) is 7.79. The van der Waals surface area contributed by atoms with Crippen molar-refractivity contribution in [3.05, 3.63) is 70.9 Å².